The van der Waals surface area contributed by atoms with Crippen LogP contribution in [0, 0.1) is 19.7 Å². The topological polar surface area (TPSA) is 75.3 Å². The molecule has 0 aliphatic carbocycles. The number of hydrogen-bond donors (Lipinski definition) is 2. The van der Waals surface area contributed by atoms with Crippen LogP contribution in [-0.4, -0.2) is 14.3 Å². The van der Waals surface area contributed by atoms with Crippen LogP contribution in [0.4, 0.5) is 15.8 Å². The molecule has 0 aliphatic heterocycles. The number of nitrogens with one attached hydrogen (secondary N) is 2. The van der Waals surface area contributed by atoms with Gasteiger partial charge in [-0.05, 0) is 67.9 Å². The number of amides is 1. The van der Waals surface area contributed by atoms with E-state index in [9.17, 15) is 17.6 Å². The van der Waals surface area contributed by atoms with Crippen LogP contribution < -0.4 is 10.0 Å². The van der Waals surface area contributed by atoms with Crippen LogP contribution in [0.25, 0.3) is 0 Å². The highest BCUT2D eigenvalue weighted by molar-refractivity contribution is 7.92. The van der Waals surface area contributed by atoms with Gasteiger partial charge in [-0.25, -0.2) is 12.8 Å². The maximum atomic E-state index is 13.2. The van der Waals surface area contributed by atoms with E-state index in [0.717, 1.165) is 5.56 Å². The Morgan fingerprint density at radius 2 is 1.64 bits per heavy atom. The van der Waals surface area contributed by atoms with Gasteiger partial charge >= 0.3 is 0 Å². The van der Waals surface area contributed by atoms with Crippen molar-refractivity contribution in [3.63, 3.8) is 0 Å². The lowest BCUT2D eigenvalue weighted by Crippen LogP contribution is -2.15. The number of anilines is 2. The van der Waals surface area contributed by atoms with Crippen molar-refractivity contribution in [2.75, 3.05) is 10.0 Å². The summed E-state index contributed by atoms with van der Waals surface area (Å²) in [5.74, 6) is -0.864. The zero-order valence-corrected chi connectivity index (χ0v) is 16.2. The Morgan fingerprint density at radius 1 is 0.929 bits per heavy atom. The molecule has 0 aromatic heterocycles. The fourth-order valence-electron chi connectivity index (χ4n) is 2.61. The first-order valence-corrected chi connectivity index (χ1v) is 10.00. The second kappa shape index (κ2) is 7.82. The highest BCUT2D eigenvalue weighted by Crippen LogP contribution is 2.22. The Balaban J connectivity index is 1.78. The van der Waals surface area contributed by atoms with Gasteiger partial charge in [0.25, 0.3) is 15.9 Å². The number of sulfonamides is 1. The third-order valence-corrected chi connectivity index (χ3v) is 5.53. The van der Waals surface area contributed by atoms with E-state index < -0.39 is 21.7 Å². The third-order valence-electron chi connectivity index (χ3n) is 4.15. The second-order valence-corrected chi connectivity index (χ2v) is 8.10. The van der Waals surface area contributed by atoms with Crippen molar-refractivity contribution < 1.29 is 17.6 Å². The Labute approximate surface area is 163 Å². The van der Waals surface area contributed by atoms with Gasteiger partial charge in [-0.3, -0.25) is 9.52 Å². The lowest BCUT2D eigenvalue weighted by atomic mass is 10.1. The van der Waals surface area contributed by atoms with E-state index >= 15 is 0 Å². The normalized spacial score (nSPS) is 11.1. The average Bonchev–Trinajstić information content (AvgIpc) is 2.63. The molecule has 1 amide bonds. The molecule has 3 aromatic rings. The van der Waals surface area contributed by atoms with Crippen molar-refractivity contribution in [2.45, 2.75) is 18.7 Å². The molecule has 0 atom stereocenters. The molecule has 0 unspecified atom stereocenters. The number of halogens is 1. The molecule has 0 bridgehead atoms. The molecular formula is C21H19FN2O3S. The smallest absolute Gasteiger partial charge is 0.261 e. The predicted molar refractivity (Wildman–Crippen MR) is 108 cm³/mol. The first-order chi connectivity index (χ1) is 13.2. The highest BCUT2D eigenvalue weighted by Gasteiger charge is 2.16. The number of aryl methyl sites for hydroxylation is 2. The summed E-state index contributed by atoms with van der Waals surface area (Å²) in [7, 11) is -3.73. The number of carbonyl (C=O) groups excluding carboxylic acids is 1. The molecule has 144 valence electrons. The van der Waals surface area contributed by atoms with Crippen molar-refractivity contribution in [2.24, 2.45) is 0 Å². The van der Waals surface area contributed by atoms with Crippen molar-refractivity contribution >= 4 is 27.3 Å². The highest BCUT2D eigenvalue weighted by atomic mass is 32.2. The van der Waals surface area contributed by atoms with Crippen LogP contribution >= 0.6 is 0 Å². The zero-order valence-electron chi connectivity index (χ0n) is 15.4. The summed E-state index contributed by atoms with van der Waals surface area (Å²) in [4.78, 5) is 12.5. The number of rotatable bonds is 5. The van der Waals surface area contributed by atoms with Crippen molar-refractivity contribution in [3.8, 4) is 0 Å². The molecule has 3 aromatic carbocycles. The molecule has 2 N–H and O–H groups in total. The van der Waals surface area contributed by atoms with Crippen LogP contribution in [0.5, 0.6) is 0 Å². The average molecular weight is 398 g/mol. The van der Waals surface area contributed by atoms with Gasteiger partial charge in [0.2, 0.25) is 0 Å². The monoisotopic (exact) mass is 398 g/mol. The van der Waals surface area contributed by atoms with Gasteiger partial charge in [0.1, 0.15) is 5.82 Å². The number of hydrogen-bond acceptors (Lipinski definition) is 3. The lowest BCUT2D eigenvalue weighted by molar-refractivity contribution is 0.102. The van der Waals surface area contributed by atoms with Crippen LogP contribution in [0.2, 0.25) is 0 Å². The minimum Gasteiger partial charge on any atom is -0.322 e. The summed E-state index contributed by atoms with van der Waals surface area (Å²) in [6.07, 6.45) is 0. The van der Waals surface area contributed by atoms with E-state index in [2.05, 4.69) is 10.0 Å². The van der Waals surface area contributed by atoms with E-state index in [1.807, 2.05) is 6.92 Å². The minimum absolute atomic E-state index is 0.158. The Bertz CT molecular complexity index is 1130. The first kappa shape index (κ1) is 19.6. The molecule has 0 saturated carbocycles. The summed E-state index contributed by atoms with van der Waals surface area (Å²) < 4.78 is 40.8. The van der Waals surface area contributed by atoms with E-state index in [1.165, 1.54) is 42.5 Å². The Hall–Kier alpha value is -3.19. The van der Waals surface area contributed by atoms with Gasteiger partial charge in [0.15, 0.2) is 0 Å². The van der Waals surface area contributed by atoms with Gasteiger partial charge in [-0.1, -0.05) is 23.8 Å². The van der Waals surface area contributed by atoms with Crippen LogP contribution in [0.1, 0.15) is 21.5 Å². The molecule has 5 nitrogen and oxygen atoms in total. The second-order valence-electron chi connectivity index (χ2n) is 6.41. The molecule has 0 radical (unpaired) electrons. The van der Waals surface area contributed by atoms with E-state index in [4.69, 9.17) is 0 Å². The van der Waals surface area contributed by atoms with Gasteiger partial charge < -0.3 is 5.32 Å². The molecule has 28 heavy (non-hydrogen) atoms. The minimum atomic E-state index is -3.73. The van der Waals surface area contributed by atoms with Crippen molar-refractivity contribution in [1.82, 2.24) is 0 Å². The fourth-order valence-corrected chi connectivity index (χ4v) is 3.74. The third kappa shape index (κ3) is 4.55. The van der Waals surface area contributed by atoms with Crippen LogP contribution in [-0.2, 0) is 10.0 Å². The lowest BCUT2D eigenvalue weighted by Gasteiger charge is -2.12. The van der Waals surface area contributed by atoms with Gasteiger partial charge in [0, 0.05) is 11.3 Å². The first-order valence-electron chi connectivity index (χ1n) is 8.52. The quantitative estimate of drug-likeness (QED) is 0.665. The summed E-state index contributed by atoms with van der Waals surface area (Å²) in [5.41, 5.74) is 2.60. The number of carbonyl (C=O) groups is 1. The van der Waals surface area contributed by atoms with Gasteiger partial charge in [-0.2, -0.15) is 0 Å². The molecule has 0 fully saturated rings. The van der Waals surface area contributed by atoms with E-state index in [-0.39, 0.29) is 4.90 Å². The summed E-state index contributed by atoms with van der Waals surface area (Å²) >= 11 is 0. The van der Waals surface area contributed by atoms with Gasteiger partial charge in [-0.15, -0.1) is 0 Å². The molecule has 0 spiro atoms. The molecular weight excluding hydrogens is 379 g/mol. The molecule has 3 rings (SSSR count). The SMILES string of the molecule is Cc1ccc(S(=O)(=O)Nc2ccc(C(=O)Nc3cccc(F)c3)cc2C)cc1. The maximum absolute atomic E-state index is 13.2. The standard InChI is InChI=1S/C21H19FN2O3S/c1-14-6-9-19(10-7-14)28(26,27)24-20-11-8-16(12-15(20)2)21(25)23-18-5-3-4-17(22)13-18/h3-13,24H,1-2H3,(H,23,25). The summed E-state index contributed by atoms with van der Waals surface area (Å²) in [6, 6.07) is 16.7. The van der Waals surface area contributed by atoms with E-state index in [1.54, 1.807) is 31.2 Å². The zero-order chi connectivity index (χ0) is 20.3. The van der Waals surface area contributed by atoms with Crippen molar-refractivity contribution in [1.29, 1.82) is 0 Å². The molecule has 0 saturated heterocycles. The summed E-state index contributed by atoms with van der Waals surface area (Å²) in [6.45, 7) is 3.58. The molecule has 7 heteroatoms. The largest absolute Gasteiger partial charge is 0.322 e. The predicted octanol–water partition coefficient (Wildman–Crippen LogP) is 4.50. The molecule has 0 heterocycles. The number of benzene rings is 3. The van der Waals surface area contributed by atoms with Crippen LogP contribution in [0.3, 0.4) is 0 Å². The fraction of sp³-hybridized carbons (Fsp3) is 0.0952. The van der Waals surface area contributed by atoms with E-state index in [0.29, 0.717) is 22.5 Å². The Morgan fingerprint density at radius 3 is 2.29 bits per heavy atom. The molecule has 0 aliphatic rings. The van der Waals surface area contributed by atoms with Crippen LogP contribution in [0.15, 0.2) is 71.6 Å². The maximum Gasteiger partial charge on any atom is 0.261 e. The van der Waals surface area contributed by atoms with Gasteiger partial charge in [0.05, 0.1) is 10.6 Å². The summed E-state index contributed by atoms with van der Waals surface area (Å²) in [5, 5.41) is 2.61. The van der Waals surface area contributed by atoms with Crippen molar-refractivity contribution in [3.05, 3.63) is 89.2 Å². The Kier molecular flexibility index (Phi) is 5.46.